The van der Waals surface area contributed by atoms with Gasteiger partial charge in [0.25, 0.3) is 0 Å². The number of hydrogen-bond acceptors (Lipinski definition) is 5. The zero-order valence-corrected chi connectivity index (χ0v) is 14.6. The van der Waals surface area contributed by atoms with E-state index in [1.807, 2.05) is 30.0 Å². The molecule has 2 amide bonds. The van der Waals surface area contributed by atoms with Crippen LogP contribution in [-0.2, 0) is 0 Å². The van der Waals surface area contributed by atoms with Gasteiger partial charge in [-0.25, -0.2) is 9.78 Å². The van der Waals surface area contributed by atoms with Gasteiger partial charge < -0.3 is 19.9 Å². The molecule has 0 aliphatic carbocycles. The molecule has 1 saturated heterocycles. The molecule has 128 valence electrons. The lowest BCUT2D eigenvalue weighted by Gasteiger charge is -2.34. The van der Waals surface area contributed by atoms with E-state index in [-0.39, 0.29) is 6.03 Å². The summed E-state index contributed by atoms with van der Waals surface area (Å²) in [6.07, 6.45) is 1.69. The zero-order valence-electron chi connectivity index (χ0n) is 13.8. The zero-order chi connectivity index (χ0) is 16.9. The lowest BCUT2D eigenvalue weighted by atomic mass is 10.3. The number of urea groups is 1. The van der Waals surface area contributed by atoms with Crippen LogP contribution in [0, 0.1) is 0 Å². The van der Waals surface area contributed by atoms with E-state index in [1.165, 1.54) is 0 Å². The Bertz CT molecular complexity index is 722. The highest BCUT2D eigenvalue weighted by Crippen LogP contribution is 2.31. The Kier molecular flexibility index (Phi) is 5.20. The topological polar surface area (TPSA) is 57.7 Å². The summed E-state index contributed by atoms with van der Waals surface area (Å²) in [5, 5.41) is 3.82. The third-order valence-corrected chi connectivity index (χ3v) is 4.97. The van der Waals surface area contributed by atoms with Crippen LogP contribution in [0.25, 0.3) is 10.2 Å². The third-order valence-electron chi connectivity index (χ3n) is 3.89. The molecule has 6 nitrogen and oxygen atoms in total. The Morgan fingerprint density at radius 2 is 2.21 bits per heavy atom. The van der Waals surface area contributed by atoms with Crippen LogP contribution < -0.4 is 15.0 Å². The van der Waals surface area contributed by atoms with Crippen LogP contribution in [0.3, 0.4) is 0 Å². The van der Waals surface area contributed by atoms with Gasteiger partial charge in [-0.15, -0.1) is 6.58 Å². The molecule has 24 heavy (non-hydrogen) atoms. The van der Waals surface area contributed by atoms with Gasteiger partial charge >= 0.3 is 6.03 Å². The molecule has 0 spiro atoms. The number of ether oxygens (including phenoxy) is 1. The maximum Gasteiger partial charge on any atom is 0.317 e. The minimum absolute atomic E-state index is 0.0276. The number of carbonyl (C=O) groups is 1. The third kappa shape index (κ3) is 3.62. The second-order valence-electron chi connectivity index (χ2n) is 5.51. The lowest BCUT2D eigenvalue weighted by Crippen LogP contribution is -2.51. The van der Waals surface area contributed by atoms with E-state index in [0.717, 1.165) is 34.2 Å². The Balaban J connectivity index is 1.64. The number of anilines is 1. The van der Waals surface area contributed by atoms with Crippen LogP contribution in [0.2, 0.25) is 0 Å². The predicted molar refractivity (Wildman–Crippen MR) is 98.2 cm³/mol. The first-order valence-electron chi connectivity index (χ1n) is 8.13. The number of aromatic nitrogens is 1. The van der Waals surface area contributed by atoms with Gasteiger partial charge in [0.2, 0.25) is 0 Å². The van der Waals surface area contributed by atoms with Crippen molar-refractivity contribution < 1.29 is 9.53 Å². The minimum atomic E-state index is -0.0276. The maximum absolute atomic E-state index is 12.0. The van der Waals surface area contributed by atoms with E-state index >= 15 is 0 Å². The summed E-state index contributed by atoms with van der Waals surface area (Å²) in [7, 11) is 0. The number of piperazine rings is 1. The normalized spacial score (nSPS) is 14.7. The Morgan fingerprint density at radius 1 is 1.42 bits per heavy atom. The standard InChI is InChI=1S/C17H22N4O2S/c1-3-7-18-16(22)20-8-10-21(11-9-20)17-19-14-6-5-13(23-4-2)12-15(14)24-17/h3,5-6,12H,1,4,7-11H2,2H3,(H,18,22). The second kappa shape index (κ2) is 7.53. The Morgan fingerprint density at radius 3 is 2.92 bits per heavy atom. The smallest absolute Gasteiger partial charge is 0.317 e. The number of hydrogen-bond donors (Lipinski definition) is 1. The van der Waals surface area contributed by atoms with Crippen LogP contribution in [-0.4, -0.2) is 55.2 Å². The van der Waals surface area contributed by atoms with Crippen molar-refractivity contribution in [2.24, 2.45) is 0 Å². The van der Waals surface area contributed by atoms with E-state index in [2.05, 4.69) is 16.8 Å². The number of fused-ring (bicyclic) bond motifs is 1. The van der Waals surface area contributed by atoms with Gasteiger partial charge in [0.05, 0.1) is 16.8 Å². The van der Waals surface area contributed by atoms with Gasteiger partial charge in [-0.05, 0) is 25.1 Å². The molecule has 0 atom stereocenters. The van der Waals surface area contributed by atoms with Crippen LogP contribution in [0.1, 0.15) is 6.92 Å². The molecule has 7 heteroatoms. The quantitative estimate of drug-likeness (QED) is 0.846. The lowest BCUT2D eigenvalue weighted by molar-refractivity contribution is 0.195. The maximum atomic E-state index is 12.0. The molecule has 0 bridgehead atoms. The molecular weight excluding hydrogens is 324 g/mol. The van der Waals surface area contributed by atoms with Gasteiger partial charge in [-0.3, -0.25) is 0 Å². The Labute approximate surface area is 145 Å². The van der Waals surface area contributed by atoms with Gasteiger partial charge in [0.15, 0.2) is 5.13 Å². The number of nitrogens with zero attached hydrogens (tertiary/aromatic N) is 3. The largest absolute Gasteiger partial charge is 0.494 e. The van der Waals surface area contributed by atoms with E-state index in [1.54, 1.807) is 17.4 Å². The van der Waals surface area contributed by atoms with Crippen molar-refractivity contribution in [2.75, 3.05) is 44.2 Å². The number of nitrogens with one attached hydrogen (secondary N) is 1. The number of benzene rings is 1. The first kappa shape index (κ1) is 16.6. The van der Waals surface area contributed by atoms with Crippen LogP contribution >= 0.6 is 11.3 Å². The number of thiazole rings is 1. The van der Waals surface area contributed by atoms with Crippen molar-refractivity contribution in [3.05, 3.63) is 30.9 Å². The van der Waals surface area contributed by atoms with Crippen molar-refractivity contribution in [2.45, 2.75) is 6.92 Å². The molecule has 1 N–H and O–H groups in total. The van der Waals surface area contributed by atoms with E-state index < -0.39 is 0 Å². The first-order valence-corrected chi connectivity index (χ1v) is 8.95. The molecule has 1 aromatic carbocycles. The average Bonchev–Trinajstić information content (AvgIpc) is 3.03. The van der Waals surface area contributed by atoms with Crippen molar-refractivity contribution in [1.29, 1.82) is 0 Å². The number of amides is 2. The van der Waals surface area contributed by atoms with Crippen LogP contribution in [0.4, 0.5) is 9.93 Å². The van der Waals surface area contributed by atoms with Crippen molar-refractivity contribution in [3.63, 3.8) is 0 Å². The summed E-state index contributed by atoms with van der Waals surface area (Å²) in [6, 6.07) is 5.97. The molecular formula is C17H22N4O2S. The predicted octanol–water partition coefficient (Wildman–Crippen LogP) is 2.71. The molecule has 1 aliphatic heterocycles. The van der Waals surface area contributed by atoms with E-state index in [0.29, 0.717) is 26.2 Å². The van der Waals surface area contributed by atoms with Crippen LogP contribution in [0.5, 0.6) is 5.75 Å². The molecule has 0 radical (unpaired) electrons. The highest BCUT2D eigenvalue weighted by Gasteiger charge is 2.22. The van der Waals surface area contributed by atoms with Crippen LogP contribution in [0.15, 0.2) is 30.9 Å². The fourth-order valence-electron chi connectivity index (χ4n) is 2.66. The first-order chi connectivity index (χ1) is 11.7. The monoisotopic (exact) mass is 346 g/mol. The number of carbonyl (C=O) groups excluding carboxylic acids is 1. The minimum Gasteiger partial charge on any atom is -0.494 e. The van der Waals surface area contributed by atoms with E-state index in [9.17, 15) is 4.79 Å². The van der Waals surface area contributed by atoms with Gasteiger partial charge in [-0.1, -0.05) is 17.4 Å². The summed E-state index contributed by atoms with van der Waals surface area (Å²) in [5.41, 5.74) is 0.990. The summed E-state index contributed by atoms with van der Waals surface area (Å²) in [5.74, 6) is 0.879. The molecule has 2 aromatic rings. The molecule has 1 aromatic heterocycles. The second-order valence-corrected chi connectivity index (χ2v) is 6.52. The molecule has 0 unspecified atom stereocenters. The fourth-order valence-corrected chi connectivity index (χ4v) is 3.70. The fraction of sp³-hybridized carbons (Fsp3) is 0.412. The summed E-state index contributed by atoms with van der Waals surface area (Å²) in [4.78, 5) is 20.7. The summed E-state index contributed by atoms with van der Waals surface area (Å²) < 4.78 is 6.68. The van der Waals surface area contributed by atoms with Gasteiger partial charge in [-0.2, -0.15) is 0 Å². The van der Waals surface area contributed by atoms with Gasteiger partial charge in [0, 0.05) is 32.7 Å². The SMILES string of the molecule is C=CCNC(=O)N1CCN(c2nc3ccc(OCC)cc3s2)CC1. The molecule has 2 heterocycles. The summed E-state index contributed by atoms with van der Waals surface area (Å²) >= 11 is 1.67. The van der Waals surface area contributed by atoms with Crippen molar-refractivity contribution in [3.8, 4) is 5.75 Å². The molecule has 1 aliphatic rings. The number of rotatable bonds is 5. The summed E-state index contributed by atoms with van der Waals surface area (Å²) in [6.45, 7) is 9.73. The highest BCUT2D eigenvalue weighted by atomic mass is 32.1. The average molecular weight is 346 g/mol. The molecule has 3 rings (SSSR count). The highest BCUT2D eigenvalue weighted by molar-refractivity contribution is 7.22. The van der Waals surface area contributed by atoms with E-state index in [4.69, 9.17) is 9.72 Å². The Hall–Kier alpha value is -2.28. The molecule has 0 saturated carbocycles. The van der Waals surface area contributed by atoms with Crippen molar-refractivity contribution in [1.82, 2.24) is 15.2 Å². The van der Waals surface area contributed by atoms with Gasteiger partial charge in [0.1, 0.15) is 5.75 Å². The molecule has 1 fully saturated rings. The van der Waals surface area contributed by atoms with Crippen molar-refractivity contribution >= 4 is 32.7 Å².